The van der Waals surface area contributed by atoms with Crippen molar-refractivity contribution < 1.29 is 0 Å². The number of aromatic amines is 1. The van der Waals surface area contributed by atoms with Crippen molar-refractivity contribution in [3.05, 3.63) is 28.7 Å². The Balaban J connectivity index is 0. The van der Waals surface area contributed by atoms with Gasteiger partial charge >= 0.3 is 0 Å². The topological polar surface area (TPSA) is 28.7 Å². The van der Waals surface area contributed by atoms with E-state index in [-0.39, 0.29) is 0 Å². The second kappa shape index (κ2) is 10.8. The fraction of sp³-hybridized carbons (Fsp3) is 0.462. The molecule has 2 nitrogen and oxygen atoms in total. The van der Waals surface area contributed by atoms with Gasteiger partial charge in [-0.15, -0.1) is 0 Å². The Morgan fingerprint density at radius 1 is 1.20 bits per heavy atom. The van der Waals surface area contributed by atoms with Crippen molar-refractivity contribution in [3.8, 4) is 0 Å². The van der Waals surface area contributed by atoms with Crippen LogP contribution in [0.1, 0.15) is 40.4 Å². The molecule has 0 radical (unpaired) electrons. The second-order valence-corrected chi connectivity index (χ2v) is 2.38. The average molecular weight is 208 g/mol. The summed E-state index contributed by atoms with van der Waals surface area (Å²) in [5.74, 6) is 0.908. The highest BCUT2D eigenvalue weighted by Gasteiger charge is 1.86. The molecule has 0 aliphatic heterocycles. The molecular formula is C13H24N2. The Morgan fingerprint density at radius 3 is 2.07 bits per heavy atom. The van der Waals surface area contributed by atoms with Gasteiger partial charge < -0.3 is 4.98 Å². The highest BCUT2D eigenvalue weighted by Crippen LogP contribution is 1.73. The van der Waals surface area contributed by atoms with Crippen LogP contribution in [0, 0.1) is 6.92 Å². The van der Waals surface area contributed by atoms with Crippen LogP contribution >= 0.6 is 0 Å². The number of H-pyrrole nitrogens is 1. The van der Waals surface area contributed by atoms with Gasteiger partial charge in [0.1, 0.15) is 5.82 Å². The van der Waals surface area contributed by atoms with Crippen LogP contribution in [0.5, 0.6) is 0 Å². The lowest BCUT2D eigenvalue weighted by Crippen LogP contribution is -2.21. The minimum absolute atomic E-state index is 0.876. The minimum atomic E-state index is 0.876. The van der Waals surface area contributed by atoms with Crippen LogP contribution < -0.4 is 10.7 Å². The minimum Gasteiger partial charge on any atom is -0.343 e. The summed E-state index contributed by atoms with van der Waals surface area (Å²) in [5.41, 5.74) is 0. The average Bonchev–Trinajstić information content (AvgIpc) is 2.60. The molecule has 0 fully saturated rings. The number of hydrogen-bond donors (Lipinski definition) is 1. The third kappa shape index (κ3) is 6.72. The van der Waals surface area contributed by atoms with Gasteiger partial charge in [0, 0.05) is 0 Å². The molecule has 86 valence electrons. The van der Waals surface area contributed by atoms with Gasteiger partial charge in [0.15, 0.2) is 0 Å². The number of hydrogen-bond acceptors (Lipinski definition) is 1. The third-order valence-electron chi connectivity index (χ3n) is 1.38. The van der Waals surface area contributed by atoms with Gasteiger partial charge in [0.25, 0.3) is 0 Å². The summed E-state index contributed by atoms with van der Waals surface area (Å²) < 4.78 is 0. The number of nitrogens with one attached hydrogen (secondary N) is 1. The number of rotatable bonds is 1. The van der Waals surface area contributed by atoms with Gasteiger partial charge in [-0.05, 0) is 19.9 Å². The molecule has 1 aromatic rings. The van der Waals surface area contributed by atoms with Crippen LogP contribution in [0.25, 0.3) is 12.7 Å². The fourth-order valence-corrected chi connectivity index (χ4v) is 0.884. The second-order valence-electron chi connectivity index (χ2n) is 2.38. The van der Waals surface area contributed by atoms with E-state index in [1.807, 2.05) is 59.8 Å². The van der Waals surface area contributed by atoms with Crippen LogP contribution in [0.2, 0.25) is 0 Å². The first-order valence-electron chi connectivity index (χ1n) is 5.58. The lowest BCUT2D eigenvalue weighted by molar-refractivity contribution is 1.13. The van der Waals surface area contributed by atoms with E-state index in [4.69, 9.17) is 0 Å². The van der Waals surface area contributed by atoms with Crippen LogP contribution in [0.3, 0.4) is 0 Å². The largest absolute Gasteiger partial charge is 0.343 e. The van der Waals surface area contributed by atoms with Gasteiger partial charge in [-0.1, -0.05) is 46.4 Å². The maximum absolute atomic E-state index is 4.22. The predicted octanol–water partition coefficient (Wildman–Crippen LogP) is 2.54. The van der Waals surface area contributed by atoms with Crippen molar-refractivity contribution in [1.29, 1.82) is 0 Å². The van der Waals surface area contributed by atoms with E-state index in [1.165, 1.54) is 0 Å². The Morgan fingerprint density at radius 2 is 1.73 bits per heavy atom. The van der Waals surface area contributed by atoms with Gasteiger partial charge in [-0.25, -0.2) is 4.98 Å². The van der Waals surface area contributed by atoms with E-state index in [1.54, 1.807) is 0 Å². The zero-order chi connectivity index (χ0) is 12.3. The SMILES string of the molecule is C=c1[nH]c(C)n/c1=C/C=C\C.CC.CC. The van der Waals surface area contributed by atoms with Crippen molar-refractivity contribution >= 4 is 12.7 Å². The van der Waals surface area contributed by atoms with Crippen molar-refractivity contribution in [1.82, 2.24) is 9.97 Å². The van der Waals surface area contributed by atoms with E-state index in [9.17, 15) is 0 Å². The molecular weight excluding hydrogens is 184 g/mol. The van der Waals surface area contributed by atoms with E-state index < -0.39 is 0 Å². The standard InChI is InChI=1S/C9H12N2.2C2H6/c1-4-5-6-9-7(2)10-8(3)11-9;2*1-2/h4-6H,2H2,1,3H3,(H,10,11);2*1-2H3/b5-4-,9-6+;;. The van der Waals surface area contributed by atoms with Gasteiger partial charge in [-0.2, -0.15) is 0 Å². The highest BCUT2D eigenvalue weighted by atomic mass is 14.9. The summed E-state index contributed by atoms with van der Waals surface area (Å²) in [4.78, 5) is 7.25. The summed E-state index contributed by atoms with van der Waals surface area (Å²) in [6, 6.07) is 0. The highest BCUT2D eigenvalue weighted by molar-refractivity contribution is 5.34. The van der Waals surface area contributed by atoms with E-state index in [2.05, 4.69) is 16.5 Å². The number of nitrogens with zero attached hydrogens (tertiary/aromatic N) is 1. The summed E-state index contributed by atoms with van der Waals surface area (Å²) in [7, 11) is 0. The molecule has 0 aliphatic rings. The summed E-state index contributed by atoms with van der Waals surface area (Å²) >= 11 is 0. The molecule has 1 aromatic heterocycles. The lowest BCUT2D eigenvalue weighted by Gasteiger charge is -1.71. The van der Waals surface area contributed by atoms with E-state index in [0.717, 1.165) is 16.5 Å². The van der Waals surface area contributed by atoms with Crippen LogP contribution in [-0.2, 0) is 0 Å². The normalized spacial score (nSPS) is 10.4. The number of aryl methyl sites for hydroxylation is 1. The molecule has 0 spiro atoms. The first-order chi connectivity index (χ1) is 7.24. The Bertz CT molecular complexity index is 358. The number of aromatic nitrogens is 2. The van der Waals surface area contributed by atoms with Crippen molar-refractivity contribution in [2.24, 2.45) is 0 Å². The predicted molar refractivity (Wildman–Crippen MR) is 70.1 cm³/mol. The Labute approximate surface area is 93.5 Å². The summed E-state index contributed by atoms with van der Waals surface area (Å²) in [6.07, 6.45) is 5.85. The van der Waals surface area contributed by atoms with Gasteiger partial charge in [0.05, 0.1) is 10.7 Å². The quantitative estimate of drug-likeness (QED) is 0.755. The lowest BCUT2D eigenvalue weighted by atomic mass is 10.4. The zero-order valence-corrected chi connectivity index (χ0v) is 10.9. The molecule has 0 amide bonds. The Hall–Kier alpha value is -1.31. The molecule has 0 aliphatic carbocycles. The molecule has 0 bridgehead atoms. The molecule has 0 aromatic carbocycles. The monoisotopic (exact) mass is 208 g/mol. The summed E-state index contributed by atoms with van der Waals surface area (Å²) in [5, 5.41) is 1.79. The van der Waals surface area contributed by atoms with Crippen LogP contribution in [-0.4, -0.2) is 9.97 Å². The summed E-state index contributed by atoms with van der Waals surface area (Å²) in [6.45, 7) is 15.7. The molecule has 1 N–H and O–H groups in total. The molecule has 0 saturated heterocycles. The molecule has 0 unspecified atom stereocenters. The fourth-order valence-electron chi connectivity index (χ4n) is 0.884. The molecule has 0 saturated carbocycles. The first kappa shape index (κ1) is 16.1. The zero-order valence-electron chi connectivity index (χ0n) is 10.9. The van der Waals surface area contributed by atoms with Crippen LogP contribution in [0.4, 0.5) is 0 Å². The molecule has 0 atom stereocenters. The number of allylic oxidation sites excluding steroid dienone is 2. The maximum atomic E-state index is 4.22. The first-order valence-corrected chi connectivity index (χ1v) is 5.58. The maximum Gasteiger partial charge on any atom is 0.104 e. The number of imidazole rings is 1. The van der Waals surface area contributed by atoms with Crippen LogP contribution in [0.15, 0.2) is 12.2 Å². The third-order valence-corrected chi connectivity index (χ3v) is 1.38. The Kier molecular flexibility index (Phi) is 11.6. The van der Waals surface area contributed by atoms with Crippen molar-refractivity contribution in [2.75, 3.05) is 0 Å². The molecule has 1 rings (SSSR count). The van der Waals surface area contributed by atoms with Gasteiger partial charge in [-0.3, -0.25) is 0 Å². The van der Waals surface area contributed by atoms with Gasteiger partial charge in [0.2, 0.25) is 0 Å². The smallest absolute Gasteiger partial charge is 0.104 e. The molecule has 15 heavy (non-hydrogen) atoms. The van der Waals surface area contributed by atoms with E-state index >= 15 is 0 Å². The molecule has 1 heterocycles. The van der Waals surface area contributed by atoms with Crippen molar-refractivity contribution in [2.45, 2.75) is 41.5 Å². The van der Waals surface area contributed by atoms with Crippen molar-refractivity contribution in [3.63, 3.8) is 0 Å². The molecule has 2 heteroatoms. The van der Waals surface area contributed by atoms with E-state index in [0.29, 0.717) is 0 Å².